The summed E-state index contributed by atoms with van der Waals surface area (Å²) in [6, 6.07) is 11.1. The molecular weight excluding hydrogens is 420 g/mol. The number of nitrogens with one attached hydrogen (secondary N) is 1. The number of hydrogen-bond donors (Lipinski definition) is 1. The highest BCUT2D eigenvalue weighted by Crippen LogP contribution is 2.28. The average Bonchev–Trinajstić information content (AvgIpc) is 2.44. The summed E-state index contributed by atoms with van der Waals surface area (Å²) >= 11 is 12.9. The second-order valence-electron chi connectivity index (χ2n) is 4.72. The van der Waals surface area contributed by atoms with Gasteiger partial charge in [-0.25, -0.2) is 4.39 Å². The van der Waals surface area contributed by atoms with Gasteiger partial charge in [0.25, 0.3) is 0 Å². The zero-order chi connectivity index (χ0) is 15.4. The Morgan fingerprint density at radius 3 is 2.57 bits per heavy atom. The van der Waals surface area contributed by atoms with Crippen molar-refractivity contribution in [3.8, 4) is 0 Å². The molecule has 5 heteroatoms. The van der Waals surface area contributed by atoms with Gasteiger partial charge in [-0.05, 0) is 64.3 Å². The van der Waals surface area contributed by atoms with Crippen LogP contribution in [-0.4, -0.2) is 6.54 Å². The lowest BCUT2D eigenvalue weighted by molar-refractivity contribution is 0.542. The normalized spacial score (nSPS) is 12.4. The van der Waals surface area contributed by atoms with Gasteiger partial charge in [0, 0.05) is 15.5 Å². The standard InChI is InChI=1S/C16H15Br2ClFN/c1-2-21-16(11-4-6-13(18)15(20)7-11)8-10-3-5-12(17)9-14(10)19/h3-7,9,16,21H,2,8H2,1H3. The van der Waals surface area contributed by atoms with E-state index in [4.69, 9.17) is 11.6 Å². The SMILES string of the molecule is CCNC(Cc1ccc(Br)cc1Cl)c1ccc(Br)c(F)c1. The Bertz CT molecular complexity index is 634. The van der Waals surface area contributed by atoms with Crippen molar-refractivity contribution in [2.24, 2.45) is 0 Å². The van der Waals surface area contributed by atoms with Crippen molar-refractivity contribution in [3.05, 3.63) is 67.3 Å². The van der Waals surface area contributed by atoms with E-state index in [1.165, 1.54) is 0 Å². The summed E-state index contributed by atoms with van der Waals surface area (Å²) in [5.41, 5.74) is 1.95. The molecule has 112 valence electrons. The van der Waals surface area contributed by atoms with E-state index >= 15 is 0 Å². The number of halogens is 4. The molecule has 2 aromatic carbocycles. The van der Waals surface area contributed by atoms with Crippen LogP contribution in [0.25, 0.3) is 0 Å². The fraction of sp³-hybridized carbons (Fsp3) is 0.250. The van der Waals surface area contributed by atoms with Crippen molar-refractivity contribution in [2.45, 2.75) is 19.4 Å². The maximum Gasteiger partial charge on any atom is 0.137 e. The molecule has 0 aromatic heterocycles. The van der Waals surface area contributed by atoms with Gasteiger partial charge in [0.15, 0.2) is 0 Å². The highest BCUT2D eigenvalue weighted by atomic mass is 79.9. The third-order valence-corrected chi connectivity index (χ3v) is 4.72. The van der Waals surface area contributed by atoms with Gasteiger partial charge >= 0.3 is 0 Å². The minimum Gasteiger partial charge on any atom is -0.310 e. The fourth-order valence-electron chi connectivity index (χ4n) is 2.19. The van der Waals surface area contributed by atoms with Gasteiger partial charge in [-0.3, -0.25) is 0 Å². The molecule has 2 rings (SSSR count). The quantitative estimate of drug-likeness (QED) is 0.617. The molecule has 0 amide bonds. The van der Waals surface area contributed by atoms with Gasteiger partial charge < -0.3 is 5.32 Å². The summed E-state index contributed by atoms with van der Waals surface area (Å²) in [7, 11) is 0. The molecule has 0 heterocycles. The zero-order valence-electron chi connectivity index (χ0n) is 11.5. The molecule has 0 aliphatic rings. The summed E-state index contributed by atoms with van der Waals surface area (Å²) in [5, 5.41) is 4.10. The third kappa shape index (κ3) is 4.52. The van der Waals surface area contributed by atoms with Gasteiger partial charge in [-0.2, -0.15) is 0 Å². The van der Waals surface area contributed by atoms with Gasteiger partial charge in [-0.15, -0.1) is 0 Å². The molecule has 21 heavy (non-hydrogen) atoms. The van der Waals surface area contributed by atoms with E-state index < -0.39 is 0 Å². The molecule has 0 aliphatic carbocycles. The van der Waals surface area contributed by atoms with E-state index in [1.807, 2.05) is 31.2 Å². The average molecular weight is 436 g/mol. The summed E-state index contributed by atoms with van der Waals surface area (Å²) in [5.74, 6) is -0.252. The molecule has 1 N–H and O–H groups in total. The number of rotatable bonds is 5. The minimum atomic E-state index is -0.252. The fourth-order valence-corrected chi connectivity index (χ4v) is 3.19. The van der Waals surface area contributed by atoms with E-state index in [0.717, 1.165) is 22.1 Å². The summed E-state index contributed by atoms with van der Waals surface area (Å²) in [6.07, 6.45) is 0.709. The highest BCUT2D eigenvalue weighted by molar-refractivity contribution is 9.10. The van der Waals surface area contributed by atoms with Crippen LogP contribution in [0.4, 0.5) is 4.39 Å². The Labute approximate surface area is 146 Å². The van der Waals surface area contributed by atoms with E-state index in [2.05, 4.69) is 37.2 Å². The first-order chi connectivity index (χ1) is 10.0. The summed E-state index contributed by atoms with van der Waals surface area (Å²) in [6.45, 7) is 2.84. The largest absolute Gasteiger partial charge is 0.310 e. The van der Waals surface area contributed by atoms with Crippen LogP contribution in [0.3, 0.4) is 0 Å². The van der Waals surface area contributed by atoms with Gasteiger partial charge in [0.05, 0.1) is 4.47 Å². The molecule has 1 nitrogen and oxygen atoms in total. The van der Waals surface area contributed by atoms with E-state index in [0.29, 0.717) is 15.9 Å². The minimum absolute atomic E-state index is 0.0243. The first-order valence-corrected chi connectivity index (χ1v) is 8.60. The van der Waals surface area contributed by atoms with Crippen molar-refractivity contribution in [1.82, 2.24) is 5.32 Å². The molecule has 0 bridgehead atoms. The monoisotopic (exact) mass is 433 g/mol. The molecule has 0 aliphatic heterocycles. The molecule has 0 fully saturated rings. The van der Waals surface area contributed by atoms with Crippen molar-refractivity contribution in [3.63, 3.8) is 0 Å². The predicted octanol–water partition coefficient (Wildman–Crippen LogP) is 5.90. The number of likely N-dealkylation sites (N-methyl/N-ethyl adjacent to an activating group) is 1. The van der Waals surface area contributed by atoms with Crippen LogP contribution in [0.1, 0.15) is 24.1 Å². The number of benzene rings is 2. The first kappa shape index (κ1) is 16.9. The molecule has 0 spiro atoms. The topological polar surface area (TPSA) is 12.0 Å². The van der Waals surface area contributed by atoms with Crippen molar-refractivity contribution >= 4 is 43.5 Å². The van der Waals surface area contributed by atoms with E-state index in [9.17, 15) is 4.39 Å². The Kier molecular flexibility index (Phi) is 6.23. The van der Waals surface area contributed by atoms with Gasteiger partial charge in [0.2, 0.25) is 0 Å². The van der Waals surface area contributed by atoms with Crippen LogP contribution in [0.15, 0.2) is 45.3 Å². The molecule has 2 aromatic rings. The van der Waals surface area contributed by atoms with Crippen LogP contribution in [-0.2, 0) is 6.42 Å². The Morgan fingerprint density at radius 2 is 1.95 bits per heavy atom. The van der Waals surface area contributed by atoms with E-state index in [1.54, 1.807) is 12.1 Å². The smallest absolute Gasteiger partial charge is 0.137 e. The molecule has 1 unspecified atom stereocenters. The van der Waals surface area contributed by atoms with Crippen LogP contribution < -0.4 is 5.32 Å². The highest BCUT2D eigenvalue weighted by Gasteiger charge is 2.15. The number of hydrogen-bond acceptors (Lipinski definition) is 1. The lowest BCUT2D eigenvalue weighted by Gasteiger charge is -2.19. The maximum atomic E-state index is 13.7. The van der Waals surface area contributed by atoms with Gasteiger partial charge in [0.1, 0.15) is 5.82 Å². The van der Waals surface area contributed by atoms with Crippen LogP contribution in [0.5, 0.6) is 0 Å². The second kappa shape index (κ2) is 7.73. The Balaban J connectivity index is 2.28. The third-order valence-electron chi connectivity index (χ3n) is 3.24. The lowest BCUT2D eigenvalue weighted by atomic mass is 9.98. The van der Waals surface area contributed by atoms with Crippen LogP contribution >= 0.6 is 43.5 Å². The lowest BCUT2D eigenvalue weighted by Crippen LogP contribution is -2.23. The van der Waals surface area contributed by atoms with Crippen molar-refractivity contribution in [2.75, 3.05) is 6.54 Å². The van der Waals surface area contributed by atoms with Crippen LogP contribution in [0.2, 0.25) is 5.02 Å². The van der Waals surface area contributed by atoms with Crippen molar-refractivity contribution < 1.29 is 4.39 Å². The summed E-state index contributed by atoms with van der Waals surface area (Å²) < 4.78 is 15.2. The summed E-state index contributed by atoms with van der Waals surface area (Å²) in [4.78, 5) is 0. The molecular formula is C16H15Br2ClFN. The second-order valence-corrected chi connectivity index (χ2v) is 6.90. The molecule has 0 saturated heterocycles. The first-order valence-electron chi connectivity index (χ1n) is 6.63. The maximum absolute atomic E-state index is 13.7. The zero-order valence-corrected chi connectivity index (χ0v) is 15.4. The molecule has 0 radical (unpaired) electrons. The van der Waals surface area contributed by atoms with Crippen LogP contribution in [0, 0.1) is 5.82 Å². The predicted molar refractivity (Wildman–Crippen MR) is 93.4 cm³/mol. The Hall–Kier alpha value is -0.420. The van der Waals surface area contributed by atoms with Crippen molar-refractivity contribution in [1.29, 1.82) is 0 Å². The van der Waals surface area contributed by atoms with E-state index in [-0.39, 0.29) is 11.9 Å². The Morgan fingerprint density at radius 1 is 1.19 bits per heavy atom. The van der Waals surface area contributed by atoms with Gasteiger partial charge in [-0.1, -0.05) is 46.6 Å². The molecule has 1 atom stereocenters. The molecule has 0 saturated carbocycles.